The number of carbonyl (C=O) groups excluding carboxylic acids is 1. The van der Waals surface area contributed by atoms with Gasteiger partial charge in [0.05, 0.1) is 19.0 Å². The Hall–Kier alpha value is -5.46. The summed E-state index contributed by atoms with van der Waals surface area (Å²) in [4.78, 5) is 50.9. The van der Waals surface area contributed by atoms with Gasteiger partial charge in [-0.3, -0.25) is 29.0 Å². The maximum atomic E-state index is 12.7. The number of aliphatic carboxylic acids is 3. The Morgan fingerprint density at radius 2 is 1.11 bits per heavy atom. The van der Waals surface area contributed by atoms with Crippen LogP contribution in [0.25, 0.3) is 11.1 Å². The second kappa shape index (κ2) is 20.1. The van der Waals surface area contributed by atoms with E-state index in [1.165, 1.54) is 6.08 Å². The van der Waals surface area contributed by atoms with Crippen molar-refractivity contribution in [3.8, 4) is 5.75 Å². The molecule has 3 radical (unpaired) electrons. The van der Waals surface area contributed by atoms with Crippen LogP contribution < -0.4 is 0 Å². The quantitative estimate of drug-likeness (QED) is 0.0715. The number of carboxylic acids is 3. The van der Waals surface area contributed by atoms with Gasteiger partial charge in [0.2, 0.25) is 0 Å². The van der Waals surface area contributed by atoms with Crippen LogP contribution in [0.5, 0.6) is 5.75 Å². The van der Waals surface area contributed by atoms with Crippen molar-refractivity contribution in [1.82, 2.24) is 9.80 Å². The molecule has 0 bridgehead atoms. The van der Waals surface area contributed by atoms with E-state index < -0.39 is 23.8 Å². The Kier molecular flexibility index (Phi) is 15.4. The minimum absolute atomic E-state index is 0. The number of carbonyl (C=O) groups is 4. The number of rotatable bonds is 18. The first-order valence-corrected chi connectivity index (χ1v) is 17.3. The predicted octanol–water partition coefficient (Wildman–Crippen LogP) is 5.84. The summed E-state index contributed by atoms with van der Waals surface area (Å²) in [6.45, 7) is -0.425. The Bertz CT molecular complexity index is 1970. The van der Waals surface area contributed by atoms with E-state index in [0.29, 0.717) is 11.1 Å². The van der Waals surface area contributed by atoms with E-state index in [2.05, 4.69) is 0 Å². The normalized spacial score (nSPS) is 13.6. The summed E-state index contributed by atoms with van der Waals surface area (Å²) in [5.41, 5.74) is 6.82. The second-order valence-corrected chi connectivity index (χ2v) is 12.9. The molecule has 4 aromatic carbocycles. The van der Waals surface area contributed by atoms with Crippen molar-refractivity contribution in [2.45, 2.75) is 19.4 Å². The van der Waals surface area contributed by atoms with Gasteiger partial charge in [0.15, 0.2) is 5.78 Å². The molecule has 1 atom stereocenters. The Morgan fingerprint density at radius 1 is 0.611 bits per heavy atom. The summed E-state index contributed by atoms with van der Waals surface area (Å²) in [6.07, 6.45) is 4.78. The largest absolute Gasteiger partial charge is 0.508 e. The van der Waals surface area contributed by atoms with E-state index in [1.807, 2.05) is 103 Å². The number of aromatic hydroxyl groups is 1. The fourth-order valence-corrected chi connectivity index (χ4v) is 6.50. The van der Waals surface area contributed by atoms with Crippen molar-refractivity contribution >= 4 is 54.6 Å². The van der Waals surface area contributed by atoms with Gasteiger partial charge < -0.3 is 20.4 Å². The molecule has 1 aliphatic carbocycles. The number of allylic oxidation sites excluding steroid dienone is 3. The maximum absolute atomic E-state index is 12.7. The van der Waals surface area contributed by atoms with Crippen LogP contribution in [0.1, 0.15) is 40.7 Å². The summed E-state index contributed by atoms with van der Waals surface area (Å²) >= 11 is 0. The van der Waals surface area contributed by atoms with Crippen LogP contribution in [0.3, 0.4) is 0 Å². The van der Waals surface area contributed by atoms with Crippen LogP contribution in [0, 0.1) is 5.92 Å². The third kappa shape index (κ3) is 11.8. The summed E-state index contributed by atoms with van der Waals surface area (Å²) in [6, 6.07) is 35.3. The van der Waals surface area contributed by atoms with Crippen molar-refractivity contribution in [3.63, 3.8) is 0 Å². The van der Waals surface area contributed by atoms with Gasteiger partial charge in [-0.05, 0) is 58.0 Å². The van der Waals surface area contributed by atoms with Gasteiger partial charge in [-0.1, -0.05) is 115 Å². The third-order valence-electron chi connectivity index (χ3n) is 8.97. The second-order valence-electron chi connectivity index (χ2n) is 12.9. The fraction of sp³-hybridized carbons (Fsp3) is 0.209. The Labute approximate surface area is 327 Å². The number of phenolic OH excluding ortho intramolecular Hbond substituents is 1. The molecule has 0 heterocycles. The van der Waals surface area contributed by atoms with Crippen molar-refractivity contribution in [3.05, 3.63) is 161 Å². The summed E-state index contributed by atoms with van der Waals surface area (Å²) in [5.74, 6) is -4.08. The average Bonchev–Trinajstić information content (AvgIpc) is 3.14. The van der Waals surface area contributed by atoms with Crippen LogP contribution in [0.4, 0.5) is 0 Å². The molecule has 0 saturated carbocycles. The van der Waals surface area contributed by atoms with Crippen LogP contribution in [0.15, 0.2) is 133 Å². The van der Waals surface area contributed by atoms with Gasteiger partial charge in [0.25, 0.3) is 0 Å². The molecule has 5 rings (SSSR count). The van der Waals surface area contributed by atoms with Crippen molar-refractivity contribution in [2.24, 2.45) is 5.92 Å². The zero-order valence-corrected chi connectivity index (χ0v) is 32.2. The molecule has 0 aromatic heterocycles. The molecule has 4 aromatic rings. The number of hydrogen-bond donors (Lipinski definition) is 4. The Morgan fingerprint density at radius 3 is 1.63 bits per heavy atom. The molecule has 275 valence electrons. The van der Waals surface area contributed by atoms with Crippen LogP contribution in [-0.2, 0) is 25.7 Å². The van der Waals surface area contributed by atoms with E-state index >= 15 is 0 Å². The van der Waals surface area contributed by atoms with Crippen LogP contribution in [0.2, 0.25) is 0 Å². The molecule has 11 heteroatoms. The van der Waals surface area contributed by atoms with Crippen LogP contribution >= 0.6 is 0 Å². The SMILES string of the molecule is O=C(O)CCC1=CC(CN(CCN(CC(=O)O)Cc2cc(C(=C(c3ccccc3)c3ccccc3)c3ccccc3)ccc2O)CC(=O)O)C(=O)C=C1.[Ga]. The smallest absolute Gasteiger partial charge is 0.317 e. The molecule has 4 N–H and O–H groups in total. The van der Waals surface area contributed by atoms with Crippen molar-refractivity contribution < 1.29 is 39.6 Å². The molecule has 54 heavy (non-hydrogen) atoms. The van der Waals surface area contributed by atoms with Gasteiger partial charge >= 0.3 is 17.9 Å². The predicted molar refractivity (Wildman–Crippen MR) is 208 cm³/mol. The van der Waals surface area contributed by atoms with Gasteiger partial charge in [0, 0.05) is 58.0 Å². The van der Waals surface area contributed by atoms with Gasteiger partial charge in [-0.2, -0.15) is 0 Å². The number of hydrogen-bond acceptors (Lipinski definition) is 7. The number of carboxylic acid groups (broad SMARTS) is 3. The standard InChI is InChI=1S/C43H42N2O8.Ga/c46-37-19-16-30(17-21-39(48)49)24-35(37)26-44(28-40(50)51)22-23-45(29-41(52)53)27-36-25-34(18-20-38(36)47)43(33-14-8-3-9-15-33)42(31-10-4-1-5-11-31)32-12-6-2-7-13-32;/h1-16,18-20,24-25,35,47H,17,21-23,26-29H2,(H,48,49)(H,50,51)(H,52,53);. The first-order chi connectivity index (χ1) is 25.6. The zero-order valence-electron chi connectivity index (χ0n) is 29.8. The monoisotopic (exact) mass is 783 g/mol. The fourth-order valence-electron chi connectivity index (χ4n) is 6.50. The molecule has 1 aliphatic rings. The number of ketones is 1. The number of phenols is 1. The van der Waals surface area contributed by atoms with E-state index in [4.69, 9.17) is 5.11 Å². The molecule has 0 saturated heterocycles. The molecule has 0 fully saturated rings. The number of nitrogens with zero attached hydrogens (tertiary/aromatic N) is 2. The third-order valence-corrected chi connectivity index (χ3v) is 8.97. The van der Waals surface area contributed by atoms with E-state index in [0.717, 1.165) is 33.4 Å². The van der Waals surface area contributed by atoms with Crippen LogP contribution in [-0.4, -0.2) is 106 Å². The first kappa shape index (κ1) is 41.3. The number of benzene rings is 4. The first-order valence-electron chi connectivity index (χ1n) is 17.3. The van der Waals surface area contributed by atoms with Gasteiger partial charge in [-0.15, -0.1) is 0 Å². The molecular formula is C43H42GaN2O8. The van der Waals surface area contributed by atoms with E-state index in [9.17, 15) is 34.5 Å². The molecular weight excluding hydrogens is 742 g/mol. The Balaban J connectivity index is 0.00000650. The van der Waals surface area contributed by atoms with Crippen molar-refractivity contribution in [2.75, 3.05) is 32.7 Å². The van der Waals surface area contributed by atoms with E-state index in [1.54, 1.807) is 28.0 Å². The molecule has 0 aliphatic heterocycles. The molecule has 1 unspecified atom stereocenters. The van der Waals surface area contributed by atoms with Crippen molar-refractivity contribution in [1.29, 1.82) is 0 Å². The summed E-state index contributed by atoms with van der Waals surface area (Å²) in [7, 11) is 0. The van der Waals surface area contributed by atoms with Gasteiger partial charge in [-0.25, -0.2) is 0 Å². The van der Waals surface area contributed by atoms with Gasteiger partial charge in [0.1, 0.15) is 5.75 Å². The minimum atomic E-state index is -1.11. The zero-order chi connectivity index (χ0) is 37.7. The average molecular weight is 785 g/mol. The summed E-state index contributed by atoms with van der Waals surface area (Å²) in [5, 5.41) is 39.7. The molecule has 10 nitrogen and oxygen atoms in total. The maximum Gasteiger partial charge on any atom is 0.317 e. The molecule has 0 spiro atoms. The summed E-state index contributed by atoms with van der Waals surface area (Å²) < 4.78 is 0. The van der Waals surface area contributed by atoms with E-state index in [-0.39, 0.29) is 83.4 Å². The topological polar surface area (TPSA) is 156 Å². The molecule has 0 amide bonds. The minimum Gasteiger partial charge on any atom is -0.508 e.